The molecule has 0 aliphatic carbocycles. The maximum atomic E-state index is 13.1. The van der Waals surface area contributed by atoms with Crippen LogP contribution in [0, 0.1) is 20.8 Å². The van der Waals surface area contributed by atoms with Crippen LogP contribution < -0.4 is 15.0 Å². The van der Waals surface area contributed by atoms with E-state index < -0.39 is 0 Å². The molecule has 8 nitrogen and oxygen atoms in total. The van der Waals surface area contributed by atoms with Crippen LogP contribution in [0.4, 0.5) is 5.69 Å². The summed E-state index contributed by atoms with van der Waals surface area (Å²) in [4.78, 5) is 36.5. The van der Waals surface area contributed by atoms with Crippen molar-refractivity contribution >= 4 is 17.5 Å². The standard InChI is InChI=1S/C35H47N5O3/c1-24-12-16-36-22-29(24)23-40(30-8-10-32(43-7)11-9-30)31-14-18-39(19-15-31)27(4)13-17-37-34(41)33-25(2)20-28(21-26(33)3)35(42)38(5)6/h8-12,16,20-22,27,31H,13-15,17-19,23H2,1-7H3,(H,37,41)/t27-/m1/s1. The van der Waals surface area contributed by atoms with E-state index in [-0.39, 0.29) is 11.8 Å². The number of hydrogen-bond donors (Lipinski definition) is 1. The first-order valence-electron chi connectivity index (χ1n) is 15.2. The Bertz CT molecular complexity index is 1370. The number of amides is 2. The van der Waals surface area contributed by atoms with E-state index in [1.807, 2.05) is 50.5 Å². The third kappa shape index (κ3) is 7.93. The van der Waals surface area contributed by atoms with E-state index in [2.05, 4.69) is 52.1 Å². The minimum atomic E-state index is -0.0782. The summed E-state index contributed by atoms with van der Waals surface area (Å²) in [5.41, 5.74) is 6.60. The van der Waals surface area contributed by atoms with Gasteiger partial charge in [0.25, 0.3) is 11.8 Å². The number of benzene rings is 2. The number of nitrogens with zero attached hydrogens (tertiary/aromatic N) is 4. The normalized spacial score (nSPS) is 14.7. The van der Waals surface area contributed by atoms with Gasteiger partial charge in [0.05, 0.1) is 7.11 Å². The Balaban J connectivity index is 1.33. The van der Waals surface area contributed by atoms with Crippen LogP contribution in [0.5, 0.6) is 5.75 Å². The molecule has 8 heteroatoms. The van der Waals surface area contributed by atoms with Gasteiger partial charge in [0.2, 0.25) is 0 Å². The molecule has 0 saturated carbocycles. The lowest BCUT2D eigenvalue weighted by Crippen LogP contribution is -2.48. The number of anilines is 1. The zero-order valence-electron chi connectivity index (χ0n) is 26.8. The second kappa shape index (κ2) is 14.5. The molecule has 1 aliphatic rings. The lowest BCUT2D eigenvalue weighted by atomic mass is 9.97. The summed E-state index contributed by atoms with van der Waals surface area (Å²) in [5, 5.41) is 3.13. The number of carbonyl (C=O) groups excluding carboxylic acids is 2. The lowest BCUT2D eigenvalue weighted by molar-refractivity contribution is 0.0826. The van der Waals surface area contributed by atoms with Gasteiger partial charge in [-0.15, -0.1) is 0 Å². The number of likely N-dealkylation sites (tertiary alicyclic amines) is 1. The van der Waals surface area contributed by atoms with E-state index in [1.165, 1.54) is 16.8 Å². The highest BCUT2D eigenvalue weighted by atomic mass is 16.5. The topological polar surface area (TPSA) is 78.0 Å². The number of ether oxygens (including phenoxy) is 1. The Labute approximate surface area is 257 Å². The van der Waals surface area contributed by atoms with Gasteiger partial charge in [0.15, 0.2) is 0 Å². The average molecular weight is 586 g/mol. The van der Waals surface area contributed by atoms with E-state index in [9.17, 15) is 9.59 Å². The van der Waals surface area contributed by atoms with Crippen LogP contribution >= 0.6 is 0 Å². The molecule has 230 valence electrons. The second-order valence-electron chi connectivity index (χ2n) is 12.0. The first-order chi connectivity index (χ1) is 20.6. The molecule has 43 heavy (non-hydrogen) atoms. The summed E-state index contributed by atoms with van der Waals surface area (Å²) in [7, 11) is 5.16. The zero-order chi connectivity index (χ0) is 31.1. The van der Waals surface area contributed by atoms with Crippen molar-refractivity contribution in [2.24, 2.45) is 0 Å². The van der Waals surface area contributed by atoms with Crippen molar-refractivity contribution in [2.45, 2.75) is 65.6 Å². The molecule has 4 rings (SSSR count). The number of aromatic nitrogens is 1. The van der Waals surface area contributed by atoms with E-state index in [1.54, 1.807) is 26.1 Å². The van der Waals surface area contributed by atoms with Crippen LogP contribution in [0.25, 0.3) is 0 Å². The van der Waals surface area contributed by atoms with Crippen LogP contribution in [-0.4, -0.2) is 79.5 Å². The number of hydrogen-bond acceptors (Lipinski definition) is 6. The van der Waals surface area contributed by atoms with Gasteiger partial charge >= 0.3 is 0 Å². The largest absolute Gasteiger partial charge is 0.497 e. The molecule has 1 aromatic heterocycles. The Morgan fingerprint density at radius 1 is 1.02 bits per heavy atom. The summed E-state index contributed by atoms with van der Waals surface area (Å²) in [5.74, 6) is 0.722. The molecule has 1 saturated heterocycles. The molecule has 1 atom stereocenters. The maximum absolute atomic E-state index is 13.1. The molecule has 0 radical (unpaired) electrons. The third-order valence-electron chi connectivity index (χ3n) is 8.72. The summed E-state index contributed by atoms with van der Waals surface area (Å²) < 4.78 is 5.40. The van der Waals surface area contributed by atoms with Gasteiger partial charge in [-0.1, -0.05) is 0 Å². The summed E-state index contributed by atoms with van der Waals surface area (Å²) >= 11 is 0. The molecule has 1 fully saturated rings. The number of carbonyl (C=O) groups is 2. The molecular weight excluding hydrogens is 538 g/mol. The Hall–Kier alpha value is -3.91. The Kier molecular flexibility index (Phi) is 10.8. The van der Waals surface area contributed by atoms with Crippen molar-refractivity contribution in [3.8, 4) is 5.75 Å². The van der Waals surface area contributed by atoms with Gasteiger partial charge in [0, 0.05) is 81.6 Å². The van der Waals surface area contributed by atoms with Crippen molar-refractivity contribution in [1.82, 2.24) is 20.1 Å². The van der Waals surface area contributed by atoms with E-state index in [0.29, 0.717) is 29.8 Å². The van der Waals surface area contributed by atoms with Crippen molar-refractivity contribution in [3.05, 3.63) is 88.2 Å². The molecule has 2 heterocycles. The van der Waals surface area contributed by atoms with Crippen LogP contribution in [0.1, 0.15) is 69.2 Å². The van der Waals surface area contributed by atoms with E-state index in [0.717, 1.165) is 55.8 Å². The summed E-state index contributed by atoms with van der Waals surface area (Å²) in [6, 6.07) is 14.8. The van der Waals surface area contributed by atoms with Crippen LogP contribution in [0.2, 0.25) is 0 Å². The molecule has 3 aromatic rings. The maximum Gasteiger partial charge on any atom is 0.253 e. The van der Waals surface area contributed by atoms with Crippen molar-refractivity contribution in [3.63, 3.8) is 0 Å². The molecule has 0 spiro atoms. The highest BCUT2D eigenvalue weighted by molar-refractivity contribution is 6.00. The van der Waals surface area contributed by atoms with Gasteiger partial charge in [-0.2, -0.15) is 0 Å². The Morgan fingerprint density at radius 3 is 2.26 bits per heavy atom. The van der Waals surface area contributed by atoms with Crippen molar-refractivity contribution < 1.29 is 14.3 Å². The number of pyridine rings is 1. The first kappa shape index (κ1) is 32.0. The highest BCUT2D eigenvalue weighted by Gasteiger charge is 2.28. The minimum absolute atomic E-state index is 0.0601. The number of aryl methyl sites for hydroxylation is 3. The smallest absolute Gasteiger partial charge is 0.253 e. The number of methoxy groups -OCH3 is 1. The van der Waals surface area contributed by atoms with Gasteiger partial charge in [-0.05, 0) is 112 Å². The summed E-state index contributed by atoms with van der Waals surface area (Å²) in [6.07, 6.45) is 6.85. The van der Waals surface area contributed by atoms with E-state index >= 15 is 0 Å². The SMILES string of the molecule is COc1ccc(N(Cc2cnccc2C)C2CCN([C@H](C)CCNC(=O)c3c(C)cc(C(=O)N(C)C)cc3C)CC2)cc1. The molecule has 1 aliphatic heterocycles. The van der Waals surface area contributed by atoms with Crippen LogP contribution in [0.3, 0.4) is 0 Å². The van der Waals surface area contributed by atoms with Crippen LogP contribution in [0.15, 0.2) is 54.9 Å². The molecule has 0 unspecified atom stereocenters. The van der Waals surface area contributed by atoms with Gasteiger partial charge < -0.3 is 24.8 Å². The Morgan fingerprint density at radius 2 is 1.67 bits per heavy atom. The fourth-order valence-corrected chi connectivity index (χ4v) is 6.06. The second-order valence-corrected chi connectivity index (χ2v) is 12.0. The molecule has 1 N–H and O–H groups in total. The van der Waals surface area contributed by atoms with Crippen molar-refractivity contribution in [2.75, 3.05) is 45.7 Å². The quantitative estimate of drug-likeness (QED) is 0.325. The third-order valence-corrected chi connectivity index (χ3v) is 8.72. The first-order valence-corrected chi connectivity index (χ1v) is 15.2. The molecule has 0 bridgehead atoms. The van der Waals surface area contributed by atoms with Gasteiger partial charge in [-0.25, -0.2) is 0 Å². The number of piperidine rings is 1. The fraction of sp³-hybridized carbons (Fsp3) is 0.457. The number of nitrogens with one attached hydrogen (secondary N) is 1. The monoisotopic (exact) mass is 585 g/mol. The minimum Gasteiger partial charge on any atom is -0.497 e. The van der Waals surface area contributed by atoms with Gasteiger partial charge in [-0.3, -0.25) is 14.6 Å². The highest BCUT2D eigenvalue weighted by Crippen LogP contribution is 2.29. The lowest BCUT2D eigenvalue weighted by Gasteiger charge is -2.42. The number of rotatable bonds is 11. The molecule has 2 amide bonds. The fourth-order valence-electron chi connectivity index (χ4n) is 6.06. The molecular formula is C35H47N5O3. The van der Waals surface area contributed by atoms with E-state index in [4.69, 9.17) is 4.74 Å². The average Bonchev–Trinajstić information content (AvgIpc) is 3.00. The van der Waals surface area contributed by atoms with Gasteiger partial charge in [0.1, 0.15) is 5.75 Å². The zero-order valence-corrected chi connectivity index (χ0v) is 26.8. The molecule has 2 aromatic carbocycles. The predicted molar refractivity (Wildman–Crippen MR) is 173 cm³/mol. The predicted octanol–water partition coefficient (Wildman–Crippen LogP) is 5.40. The summed E-state index contributed by atoms with van der Waals surface area (Å²) in [6.45, 7) is 11.6. The van der Waals surface area contributed by atoms with Crippen molar-refractivity contribution in [1.29, 1.82) is 0 Å². The van der Waals surface area contributed by atoms with Crippen LogP contribution in [-0.2, 0) is 6.54 Å².